The number of furan rings is 1. The van der Waals surface area contributed by atoms with Gasteiger partial charge in [-0.1, -0.05) is 24.2 Å². The quantitative estimate of drug-likeness (QED) is 0.605. The Hall–Kier alpha value is -2.12. The maximum atomic E-state index is 12.8. The normalized spacial score (nSPS) is 15.7. The van der Waals surface area contributed by atoms with Crippen molar-refractivity contribution < 1.29 is 9.21 Å². The van der Waals surface area contributed by atoms with E-state index in [0.717, 1.165) is 44.8 Å². The number of aromatic nitrogens is 1. The van der Waals surface area contributed by atoms with Crippen molar-refractivity contribution in [3.8, 4) is 0 Å². The van der Waals surface area contributed by atoms with E-state index in [2.05, 4.69) is 15.2 Å². The van der Waals surface area contributed by atoms with Gasteiger partial charge in [-0.05, 0) is 58.0 Å². The summed E-state index contributed by atoms with van der Waals surface area (Å²) < 4.78 is 7.02. The molecule has 29 heavy (non-hydrogen) atoms. The second-order valence-corrected chi connectivity index (χ2v) is 9.08. The van der Waals surface area contributed by atoms with Crippen LogP contribution in [0.5, 0.6) is 0 Å². The zero-order valence-corrected chi connectivity index (χ0v) is 18.4. The van der Waals surface area contributed by atoms with E-state index in [9.17, 15) is 4.79 Å². The number of carbonyl (C=O) groups is 1. The molecule has 0 atom stereocenters. The summed E-state index contributed by atoms with van der Waals surface area (Å²) in [6.07, 6.45) is 6.26. The first kappa shape index (κ1) is 20.2. The molecule has 4 rings (SSSR count). The number of hydrogen-bond donors (Lipinski definition) is 1. The highest BCUT2D eigenvalue weighted by Gasteiger charge is 2.21. The average Bonchev–Trinajstić information content (AvgIpc) is 3.17. The number of carbonyl (C=O) groups excluding carboxylic acids is 1. The standard InChI is InChI=1S/C22H30N4O2S/c1-15-18-17(10-9-16-20(18)29-22(24-16)25(2)3)28-19(15)21(27)23-11-8-14-26-12-6-4-5-7-13-26/h9-10H,4-8,11-14H2,1-3H3,(H,23,27). The molecule has 1 amide bonds. The SMILES string of the molecule is Cc1c(C(=O)NCCCN2CCCCCC2)oc2ccc3nc(N(C)C)sc3c12. The molecule has 1 saturated heterocycles. The fourth-order valence-corrected chi connectivity index (χ4v) is 5.14. The van der Waals surface area contributed by atoms with Gasteiger partial charge in [0.15, 0.2) is 10.9 Å². The summed E-state index contributed by atoms with van der Waals surface area (Å²) in [5, 5.41) is 5.00. The van der Waals surface area contributed by atoms with Gasteiger partial charge in [-0.15, -0.1) is 0 Å². The number of fused-ring (bicyclic) bond motifs is 3. The van der Waals surface area contributed by atoms with Gasteiger partial charge < -0.3 is 19.5 Å². The molecule has 156 valence electrons. The molecule has 1 fully saturated rings. The summed E-state index contributed by atoms with van der Waals surface area (Å²) in [5.41, 5.74) is 2.59. The summed E-state index contributed by atoms with van der Waals surface area (Å²) in [5.74, 6) is 0.294. The topological polar surface area (TPSA) is 61.6 Å². The van der Waals surface area contributed by atoms with Gasteiger partial charge in [0.25, 0.3) is 5.91 Å². The largest absolute Gasteiger partial charge is 0.451 e. The molecule has 1 aromatic carbocycles. The van der Waals surface area contributed by atoms with E-state index in [4.69, 9.17) is 4.42 Å². The number of anilines is 1. The van der Waals surface area contributed by atoms with Crippen LogP contribution in [0.1, 0.15) is 48.2 Å². The molecule has 0 radical (unpaired) electrons. The predicted molar refractivity (Wildman–Crippen MR) is 120 cm³/mol. The molecule has 0 saturated carbocycles. The van der Waals surface area contributed by atoms with Gasteiger partial charge in [-0.3, -0.25) is 4.79 Å². The Labute approximate surface area is 175 Å². The van der Waals surface area contributed by atoms with E-state index >= 15 is 0 Å². The summed E-state index contributed by atoms with van der Waals surface area (Å²) >= 11 is 1.63. The van der Waals surface area contributed by atoms with Crippen molar-refractivity contribution in [2.75, 3.05) is 45.2 Å². The van der Waals surface area contributed by atoms with Crippen molar-refractivity contribution in [1.29, 1.82) is 0 Å². The van der Waals surface area contributed by atoms with Gasteiger partial charge >= 0.3 is 0 Å². The van der Waals surface area contributed by atoms with Crippen LogP contribution in [0, 0.1) is 6.92 Å². The van der Waals surface area contributed by atoms with Gasteiger partial charge in [-0.25, -0.2) is 4.98 Å². The van der Waals surface area contributed by atoms with E-state index in [-0.39, 0.29) is 5.91 Å². The molecule has 0 spiro atoms. The molecule has 7 heteroatoms. The monoisotopic (exact) mass is 414 g/mol. The second kappa shape index (κ2) is 8.71. The number of benzene rings is 1. The van der Waals surface area contributed by atoms with Crippen LogP contribution in [0.25, 0.3) is 21.2 Å². The highest BCUT2D eigenvalue weighted by Crippen LogP contribution is 2.37. The number of thiazole rings is 1. The number of hydrogen-bond acceptors (Lipinski definition) is 6. The van der Waals surface area contributed by atoms with Crippen LogP contribution in [0.4, 0.5) is 5.13 Å². The van der Waals surface area contributed by atoms with Crippen LogP contribution in [-0.2, 0) is 0 Å². The Morgan fingerprint density at radius 3 is 2.72 bits per heavy atom. The molecule has 2 aromatic heterocycles. The van der Waals surface area contributed by atoms with Crippen LogP contribution in [0.3, 0.4) is 0 Å². The lowest BCUT2D eigenvalue weighted by atomic mass is 10.1. The first-order chi connectivity index (χ1) is 14.0. The molecule has 6 nitrogen and oxygen atoms in total. The van der Waals surface area contributed by atoms with Gasteiger partial charge in [0.1, 0.15) is 5.58 Å². The van der Waals surface area contributed by atoms with E-state index in [1.54, 1.807) is 11.3 Å². The Morgan fingerprint density at radius 2 is 2.00 bits per heavy atom. The zero-order valence-electron chi connectivity index (χ0n) is 17.6. The molecule has 0 unspecified atom stereocenters. The van der Waals surface area contributed by atoms with Crippen molar-refractivity contribution in [2.45, 2.75) is 39.0 Å². The van der Waals surface area contributed by atoms with Crippen molar-refractivity contribution >= 4 is 43.6 Å². The maximum Gasteiger partial charge on any atom is 0.287 e. The average molecular weight is 415 g/mol. The van der Waals surface area contributed by atoms with Crippen LogP contribution in [0.15, 0.2) is 16.5 Å². The molecule has 3 heterocycles. The Morgan fingerprint density at radius 1 is 1.24 bits per heavy atom. The predicted octanol–water partition coefficient (Wildman–Crippen LogP) is 4.41. The highest BCUT2D eigenvalue weighted by molar-refractivity contribution is 7.23. The first-order valence-corrected chi connectivity index (χ1v) is 11.4. The lowest BCUT2D eigenvalue weighted by molar-refractivity contribution is 0.0925. The van der Waals surface area contributed by atoms with Crippen molar-refractivity contribution in [2.24, 2.45) is 0 Å². The fraction of sp³-hybridized carbons (Fsp3) is 0.545. The van der Waals surface area contributed by atoms with E-state index < -0.39 is 0 Å². The third-order valence-corrected chi connectivity index (χ3v) is 6.92. The minimum atomic E-state index is -0.125. The minimum absolute atomic E-state index is 0.125. The number of nitrogens with one attached hydrogen (secondary N) is 1. The molecule has 1 aliphatic rings. The third kappa shape index (κ3) is 4.26. The molecular formula is C22H30N4O2S. The summed E-state index contributed by atoms with van der Waals surface area (Å²) in [7, 11) is 3.98. The van der Waals surface area contributed by atoms with Gasteiger partial charge in [-0.2, -0.15) is 0 Å². The van der Waals surface area contributed by atoms with Crippen molar-refractivity contribution in [3.63, 3.8) is 0 Å². The highest BCUT2D eigenvalue weighted by atomic mass is 32.1. The lowest BCUT2D eigenvalue weighted by Gasteiger charge is -2.19. The molecule has 3 aromatic rings. The lowest BCUT2D eigenvalue weighted by Crippen LogP contribution is -2.30. The number of likely N-dealkylation sites (tertiary alicyclic amines) is 1. The maximum absolute atomic E-state index is 12.8. The number of rotatable bonds is 6. The Bertz CT molecular complexity index is 999. The summed E-state index contributed by atoms with van der Waals surface area (Å²) in [4.78, 5) is 21.9. The first-order valence-electron chi connectivity index (χ1n) is 10.5. The number of amides is 1. The third-order valence-electron chi connectivity index (χ3n) is 5.66. The second-order valence-electron chi connectivity index (χ2n) is 8.10. The van der Waals surface area contributed by atoms with Gasteiger partial charge in [0, 0.05) is 31.6 Å². The summed E-state index contributed by atoms with van der Waals surface area (Å²) in [6.45, 7) is 6.07. The number of nitrogens with zero attached hydrogens (tertiary/aromatic N) is 3. The van der Waals surface area contributed by atoms with E-state index in [1.165, 1.54) is 38.8 Å². The van der Waals surface area contributed by atoms with Crippen molar-refractivity contribution in [3.05, 3.63) is 23.5 Å². The molecule has 1 N–H and O–H groups in total. The van der Waals surface area contributed by atoms with E-state index in [1.807, 2.05) is 38.1 Å². The van der Waals surface area contributed by atoms with Crippen LogP contribution in [-0.4, -0.2) is 56.1 Å². The molecule has 0 bridgehead atoms. The molecule has 0 aliphatic carbocycles. The summed E-state index contributed by atoms with van der Waals surface area (Å²) in [6, 6.07) is 3.88. The van der Waals surface area contributed by atoms with Crippen molar-refractivity contribution in [1.82, 2.24) is 15.2 Å². The Kier molecular flexibility index (Phi) is 6.06. The van der Waals surface area contributed by atoms with Crippen LogP contribution < -0.4 is 10.2 Å². The smallest absolute Gasteiger partial charge is 0.287 e. The van der Waals surface area contributed by atoms with Crippen LogP contribution in [0.2, 0.25) is 0 Å². The van der Waals surface area contributed by atoms with E-state index in [0.29, 0.717) is 12.3 Å². The fourth-order valence-electron chi connectivity index (χ4n) is 4.05. The molecule has 1 aliphatic heterocycles. The van der Waals surface area contributed by atoms with Gasteiger partial charge in [0.05, 0.1) is 10.2 Å². The van der Waals surface area contributed by atoms with Gasteiger partial charge in [0.2, 0.25) is 0 Å². The number of aryl methyl sites for hydroxylation is 1. The Balaban J connectivity index is 1.45. The van der Waals surface area contributed by atoms with Crippen LogP contribution >= 0.6 is 11.3 Å². The minimum Gasteiger partial charge on any atom is -0.451 e. The zero-order chi connectivity index (χ0) is 20.4. The molecular weight excluding hydrogens is 384 g/mol.